The van der Waals surface area contributed by atoms with Crippen molar-refractivity contribution < 1.29 is 9.47 Å². The van der Waals surface area contributed by atoms with Crippen LogP contribution in [0.1, 0.15) is 22.3 Å². The summed E-state index contributed by atoms with van der Waals surface area (Å²) in [4.78, 5) is 0. The Bertz CT molecular complexity index is 1070. The molecule has 0 unspecified atom stereocenters. The van der Waals surface area contributed by atoms with E-state index in [0.29, 0.717) is 22.1 Å². The van der Waals surface area contributed by atoms with E-state index >= 15 is 0 Å². The zero-order valence-electron chi connectivity index (χ0n) is 16.0. The van der Waals surface area contributed by atoms with E-state index in [0.717, 1.165) is 16.7 Å². The maximum atomic E-state index is 5.48. The molecule has 1 aromatic heterocycles. The van der Waals surface area contributed by atoms with Crippen LogP contribution in [0.5, 0.6) is 11.5 Å². The number of hydrogen-bond donors (Lipinski definition) is 1. The molecule has 0 saturated heterocycles. The van der Waals surface area contributed by atoms with E-state index in [1.54, 1.807) is 31.2 Å². The van der Waals surface area contributed by atoms with E-state index in [-0.39, 0.29) is 0 Å². The van der Waals surface area contributed by atoms with Crippen LogP contribution in [-0.2, 0) is 0 Å². The van der Waals surface area contributed by atoms with Crippen molar-refractivity contribution in [1.82, 2.24) is 14.9 Å². The Morgan fingerprint density at radius 1 is 1.04 bits per heavy atom. The van der Waals surface area contributed by atoms with Gasteiger partial charge in [-0.05, 0) is 73.4 Å². The molecule has 3 aromatic rings. The fourth-order valence-corrected chi connectivity index (χ4v) is 2.98. The molecule has 0 bridgehead atoms. The number of rotatable bonds is 5. The van der Waals surface area contributed by atoms with Crippen molar-refractivity contribution in [3.8, 4) is 22.9 Å². The monoisotopic (exact) mass is 382 g/mol. The van der Waals surface area contributed by atoms with E-state index < -0.39 is 0 Å². The van der Waals surface area contributed by atoms with Crippen molar-refractivity contribution in [3.63, 3.8) is 0 Å². The van der Waals surface area contributed by atoms with Crippen LogP contribution in [0.2, 0.25) is 0 Å². The van der Waals surface area contributed by atoms with Crippen LogP contribution < -0.4 is 9.47 Å². The van der Waals surface area contributed by atoms with E-state index in [2.05, 4.69) is 48.2 Å². The summed E-state index contributed by atoms with van der Waals surface area (Å²) in [6.45, 7) is 6.25. The molecule has 27 heavy (non-hydrogen) atoms. The van der Waals surface area contributed by atoms with Crippen molar-refractivity contribution in [3.05, 3.63) is 57.4 Å². The summed E-state index contributed by atoms with van der Waals surface area (Å²) in [5, 5.41) is 11.7. The number of hydrogen-bond acceptors (Lipinski definition) is 5. The number of aryl methyl sites for hydroxylation is 3. The highest BCUT2D eigenvalue weighted by Crippen LogP contribution is 2.32. The molecule has 3 rings (SSSR count). The first-order chi connectivity index (χ1) is 12.9. The maximum absolute atomic E-state index is 5.48. The van der Waals surface area contributed by atoms with Gasteiger partial charge in [0.15, 0.2) is 5.82 Å². The van der Waals surface area contributed by atoms with Crippen LogP contribution in [0.25, 0.3) is 11.4 Å². The SMILES string of the molecule is COc1ccc(-c2n[nH]c(=S)n2/N=C\c2cc(C)c(C)cc2C)c(OC)c1. The van der Waals surface area contributed by atoms with Gasteiger partial charge in [-0.3, -0.25) is 0 Å². The number of aromatic nitrogens is 3. The highest BCUT2D eigenvalue weighted by Gasteiger charge is 2.14. The third-order valence-electron chi connectivity index (χ3n) is 4.49. The van der Waals surface area contributed by atoms with Gasteiger partial charge in [-0.15, -0.1) is 0 Å². The van der Waals surface area contributed by atoms with E-state index in [1.165, 1.54) is 11.1 Å². The molecule has 0 aliphatic rings. The second kappa shape index (κ2) is 7.75. The normalized spacial score (nSPS) is 11.1. The van der Waals surface area contributed by atoms with Gasteiger partial charge in [-0.1, -0.05) is 6.07 Å². The third kappa shape index (κ3) is 3.78. The lowest BCUT2D eigenvalue weighted by Crippen LogP contribution is -1.99. The van der Waals surface area contributed by atoms with Crippen molar-refractivity contribution in [2.45, 2.75) is 20.8 Å². The minimum absolute atomic E-state index is 0.403. The van der Waals surface area contributed by atoms with Gasteiger partial charge in [-0.2, -0.15) is 14.9 Å². The highest BCUT2D eigenvalue weighted by atomic mass is 32.1. The Labute approximate surface area is 163 Å². The highest BCUT2D eigenvalue weighted by molar-refractivity contribution is 7.71. The van der Waals surface area contributed by atoms with Crippen LogP contribution in [0.3, 0.4) is 0 Å². The zero-order chi connectivity index (χ0) is 19.6. The van der Waals surface area contributed by atoms with Gasteiger partial charge < -0.3 is 9.47 Å². The molecule has 140 valence electrons. The number of nitrogens with one attached hydrogen (secondary N) is 1. The van der Waals surface area contributed by atoms with Crippen molar-refractivity contribution in [2.24, 2.45) is 5.10 Å². The summed E-state index contributed by atoms with van der Waals surface area (Å²) in [5.74, 6) is 1.89. The Morgan fingerprint density at radius 2 is 1.78 bits per heavy atom. The van der Waals surface area contributed by atoms with Gasteiger partial charge in [0.1, 0.15) is 11.5 Å². The first-order valence-electron chi connectivity index (χ1n) is 8.46. The van der Waals surface area contributed by atoms with E-state index in [1.807, 2.05) is 12.1 Å². The fraction of sp³-hybridized carbons (Fsp3) is 0.250. The molecule has 7 heteroatoms. The largest absolute Gasteiger partial charge is 0.497 e. The molecule has 0 atom stereocenters. The van der Waals surface area contributed by atoms with E-state index in [4.69, 9.17) is 21.7 Å². The standard InChI is InChI=1S/C20H22N4O2S/c1-12-8-14(3)15(9-13(12)2)11-21-24-19(22-23-20(24)27)17-7-6-16(25-4)10-18(17)26-5/h6-11H,1-5H3,(H,23,27)/b21-11-. The molecule has 0 saturated carbocycles. The molecular weight excluding hydrogens is 360 g/mol. The van der Waals surface area contributed by atoms with Crippen molar-refractivity contribution in [2.75, 3.05) is 14.2 Å². The van der Waals surface area contributed by atoms with Crippen LogP contribution in [-0.4, -0.2) is 35.3 Å². The molecule has 1 N–H and O–H groups in total. The number of nitrogens with zero attached hydrogens (tertiary/aromatic N) is 3. The first-order valence-corrected chi connectivity index (χ1v) is 8.87. The lowest BCUT2D eigenvalue weighted by atomic mass is 10.0. The summed E-state index contributed by atoms with van der Waals surface area (Å²) >= 11 is 5.36. The molecule has 0 aliphatic heterocycles. The van der Waals surface area contributed by atoms with Crippen molar-refractivity contribution >= 4 is 18.4 Å². The molecule has 2 aromatic carbocycles. The lowest BCUT2D eigenvalue weighted by molar-refractivity contribution is 0.395. The van der Waals surface area contributed by atoms with Crippen LogP contribution in [0.4, 0.5) is 0 Å². The van der Waals surface area contributed by atoms with Gasteiger partial charge in [-0.25, -0.2) is 5.10 Å². The Hall–Kier alpha value is -2.93. The molecular formula is C20H22N4O2S. The average Bonchev–Trinajstić information content (AvgIpc) is 3.03. The summed E-state index contributed by atoms with van der Waals surface area (Å²) in [5.41, 5.74) is 5.43. The molecule has 0 radical (unpaired) electrons. The topological polar surface area (TPSA) is 64.4 Å². The molecule has 6 nitrogen and oxygen atoms in total. The Kier molecular flexibility index (Phi) is 5.41. The lowest BCUT2D eigenvalue weighted by Gasteiger charge is -2.10. The number of ether oxygens (including phenoxy) is 2. The summed E-state index contributed by atoms with van der Waals surface area (Å²) in [6.07, 6.45) is 1.80. The van der Waals surface area contributed by atoms with Gasteiger partial charge >= 0.3 is 0 Å². The fourth-order valence-electron chi connectivity index (χ4n) is 2.80. The second-order valence-electron chi connectivity index (χ2n) is 6.27. The Balaban J connectivity index is 2.06. The minimum atomic E-state index is 0.403. The quantitative estimate of drug-likeness (QED) is 0.524. The molecule has 0 fully saturated rings. The predicted molar refractivity (Wildman–Crippen MR) is 110 cm³/mol. The van der Waals surface area contributed by atoms with Gasteiger partial charge in [0.05, 0.1) is 26.0 Å². The summed E-state index contributed by atoms with van der Waals surface area (Å²) in [6, 6.07) is 9.78. The Morgan fingerprint density at radius 3 is 2.48 bits per heavy atom. The van der Waals surface area contributed by atoms with Crippen molar-refractivity contribution in [1.29, 1.82) is 0 Å². The number of H-pyrrole nitrogens is 1. The van der Waals surface area contributed by atoms with Gasteiger partial charge in [0.25, 0.3) is 0 Å². The molecule has 0 aliphatic carbocycles. The van der Waals surface area contributed by atoms with Crippen LogP contribution in [0.15, 0.2) is 35.4 Å². The van der Waals surface area contributed by atoms with Crippen LogP contribution in [0, 0.1) is 25.5 Å². The summed E-state index contributed by atoms with van der Waals surface area (Å²) in [7, 11) is 3.21. The third-order valence-corrected chi connectivity index (χ3v) is 4.76. The smallest absolute Gasteiger partial charge is 0.216 e. The molecule has 1 heterocycles. The number of benzene rings is 2. The molecule has 0 amide bonds. The second-order valence-corrected chi connectivity index (χ2v) is 6.65. The minimum Gasteiger partial charge on any atom is -0.497 e. The number of aromatic amines is 1. The first kappa shape index (κ1) is 18.8. The van der Waals surface area contributed by atoms with Crippen LogP contribution >= 0.6 is 12.2 Å². The van der Waals surface area contributed by atoms with Gasteiger partial charge in [0, 0.05) is 6.07 Å². The molecule has 0 spiro atoms. The predicted octanol–water partition coefficient (Wildman–Crippen LogP) is 4.43. The summed E-state index contributed by atoms with van der Waals surface area (Å²) < 4.78 is 12.7. The maximum Gasteiger partial charge on any atom is 0.216 e. The average molecular weight is 382 g/mol. The number of methoxy groups -OCH3 is 2. The van der Waals surface area contributed by atoms with Gasteiger partial charge in [0.2, 0.25) is 4.77 Å². The zero-order valence-corrected chi connectivity index (χ0v) is 16.8. The van der Waals surface area contributed by atoms with E-state index in [9.17, 15) is 0 Å².